The van der Waals surface area contributed by atoms with Gasteiger partial charge in [-0.25, -0.2) is 0 Å². The van der Waals surface area contributed by atoms with E-state index in [1.54, 1.807) is 6.26 Å². The molecule has 0 bridgehead atoms. The van der Waals surface area contributed by atoms with Crippen molar-refractivity contribution in [2.75, 3.05) is 13.1 Å². The molecule has 1 aliphatic heterocycles. The van der Waals surface area contributed by atoms with Crippen LogP contribution >= 0.6 is 0 Å². The van der Waals surface area contributed by atoms with Crippen LogP contribution in [0, 0.1) is 5.92 Å². The molecule has 1 aromatic rings. The Labute approximate surface area is 83.7 Å². The van der Waals surface area contributed by atoms with Crippen LogP contribution in [0.2, 0.25) is 0 Å². The fourth-order valence-electron chi connectivity index (χ4n) is 1.87. The van der Waals surface area contributed by atoms with Gasteiger partial charge in [0, 0.05) is 5.92 Å². The topological polar surface area (TPSA) is 33.5 Å². The maximum Gasteiger partial charge on any atom is 0.123 e. The van der Waals surface area contributed by atoms with Crippen molar-refractivity contribution in [1.29, 1.82) is 0 Å². The van der Waals surface area contributed by atoms with Gasteiger partial charge in [-0.3, -0.25) is 4.90 Å². The molecule has 0 radical (unpaired) electrons. The minimum Gasteiger partial charge on any atom is -0.468 e. The van der Waals surface area contributed by atoms with Crippen molar-refractivity contribution in [3.8, 4) is 0 Å². The van der Waals surface area contributed by atoms with Gasteiger partial charge < -0.3 is 9.21 Å². The first-order chi connectivity index (χ1) is 6.88. The number of aldehydes is 1. The molecule has 1 saturated heterocycles. The molecule has 3 heteroatoms. The monoisotopic (exact) mass is 193 g/mol. The van der Waals surface area contributed by atoms with Crippen molar-refractivity contribution in [2.24, 2.45) is 5.92 Å². The zero-order valence-corrected chi connectivity index (χ0v) is 8.19. The molecule has 0 N–H and O–H groups in total. The summed E-state index contributed by atoms with van der Waals surface area (Å²) in [4.78, 5) is 12.9. The third-order valence-corrected chi connectivity index (χ3v) is 2.78. The molecule has 0 atom stereocenters. The molecule has 0 amide bonds. The summed E-state index contributed by atoms with van der Waals surface area (Å²) in [6, 6.07) is 3.90. The Kier molecular flexibility index (Phi) is 2.99. The van der Waals surface area contributed by atoms with Crippen LogP contribution in [-0.2, 0) is 11.3 Å². The van der Waals surface area contributed by atoms with Crippen LogP contribution < -0.4 is 0 Å². The highest BCUT2D eigenvalue weighted by molar-refractivity contribution is 5.53. The van der Waals surface area contributed by atoms with Crippen LogP contribution in [0.1, 0.15) is 18.6 Å². The van der Waals surface area contributed by atoms with E-state index < -0.39 is 0 Å². The van der Waals surface area contributed by atoms with Gasteiger partial charge in [0.25, 0.3) is 0 Å². The fourth-order valence-corrected chi connectivity index (χ4v) is 1.87. The largest absolute Gasteiger partial charge is 0.468 e. The number of piperidine rings is 1. The molecule has 0 unspecified atom stereocenters. The Morgan fingerprint density at radius 2 is 2.29 bits per heavy atom. The molecule has 2 heterocycles. The fraction of sp³-hybridized carbons (Fsp3) is 0.545. The van der Waals surface area contributed by atoms with Crippen molar-refractivity contribution >= 4 is 6.29 Å². The molecule has 0 saturated carbocycles. The summed E-state index contributed by atoms with van der Waals surface area (Å²) in [6.45, 7) is 2.88. The van der Waals surface area contributed by atoms with Crippen LogP contribution in [0.5, 0.6) is 0 Å². The van der Waals surface area contributed by atoms with Gasteiger partial charge in [0.1, 0.15) is 12.0 Å². The first-order valence-electron chi connectivity index (χ1n) is 5.08. The lowest BCUT2D eigenvalue weighted by Crippen LogP contribution is -2.33. The summed E-state index contributed by atoms with van der Waals surface area (Å²) < 4.78 is 5.28. The van der Waals surface area contributed by atoms with Crippen LogP contribution in [0.3, 0.4) is 0 Å². The van der Waals surface area contributed by atoms with Crippen molar-refractivity contribution in [1.82, 2.24) is 4.90 Å². The third-order valence-electron chi connectivity index (χ3n) is 2.78. The Morgan fingerprint density at radius 1 is 1.50 bits per heavy atom. The Balaban J connectivity index is 1.81. The van der Waals surface area contributed by atoms with E-state index in [9.17, 15) is 4.79 Å². The van der Waals surface area contributed by atoms with Crippen LogP contribution in [0.4, 0.5) is 0 Å². The molecule has 2 rings (SSSR count). The molecule has 1 fully saturated rings. The summed E-state index contributed by atoms with van der Waals surface area (Å²) in [5.74, 6) is 1.29. The van der Waals surface area contributed by atoms with E-state index >= 15 is 0 Å². The molecule has 14 heavy (non-hydrogen) atoms. The number of carbonyl (C=O) groups excluding carboxylic acids is 1. The zero-order valence-electron chi connectivity index (χ0n) is 8.19. The summed E-state index contributed by atoms with van der Waals surface area (Å²) in [5.41, 5.74) is 0. The predicted octanol–water partition coefficient (Wildman–Crippen LogP) is 1.69. The van der Waals surface area contributed by atoms with Gasteiger partial charge in [-0.1, -0.05) is 0 Å². The minimum absolute atomic E-state index is 0.280. The van der Waals surface area contributed by atoms with Crippen LogP contribution in [0.25, 0.3) is 0 Å². The van der Waals surface area contributed by atoms with Crippen molar-refractivity contribution in [2.45, 2.75) is 19.4 Å². The summed E-state index contributed by atoms with van der Waals surface area (Å²) in [6.07, 6.45) is 4.77. The lowest BCUT2D eigenvalue weighted by molar-refractivity contribution is -0.112. The van der Waals surface area contributed by atoms with Crippen LogP contribution in [-0.4, -0.2) is 24.3 Å². The molecule has 0 spiro atoms. The average molecular weight is 193 g/mol. The maximum atomic E-state index is 10.5. The molecular weight excluding hydrogens is 178 g/mol. The highest BCUT2D eigenvalue weighted by Gasteiger charge is 2.18. The number of rotatable bonds is 3. The van der Waals surface area contributed by atoms with E-state index in [-0.39, 0.29) is 5.92 Å². The number of furan rings is 1. The Hall–Kier alpha value is -1.09. The first kappa shape index (κ1) is 9.46. The summed E-state index contributed by atoms with van der Waals surface area (Å²) in [5, 5.41) is 0. The van der Waals surface area contributed by atoms with E-state index in [1.807, 2.05) is 12.1 Å². The second-order valence-corrected chi connectivity index (χ2v) is 3.83. The zero-order chi connectivity index (χ0) is 9.80. The number of nitrogens with zero attached hydrogens (tertiary/aromatic N) is 1. The number of likely N-dealkylation sites (tertiary alicyclic amines) is 1. The normalized spacial score (nSPS) is 19.7. The van der Waals surface area contributed by atoms with Crippen LogP contribution in [0.15, 0.2) is 22.8 Å². The summed E-state index contributed by atoms with van der Waals surface area (Å²) >= 11 is 0. The third kappa shape index (κ3) is 2.23. The van der Waals surface area contributed by atoms with Crippen molar-refractivity contribution in [3.05, 3.63) is 24.2 Å². The van der Waals surface area contributed by atoms with E-state index in [1.165, 1.54) is 0 Å². The van der Waals surface area contributed by atoms with Gasteiger partial charge in [0.2, 0.25) is 0 Å². The SMILES string of the molecule is O=CC1CCN(Cc2ccco2)CC1. The van der Waals surface area contributed by atoms with E-state index in [4.69, 9.17) is 4.42 Å². The molecule has 3 nitrogen and oxygen atoms in total. The van der Waals surface area contributed by atoms with Gasteiger partial charge in [-0.2, -0.15) is 0 Å². The van der Waals surface area contributed by atoms with Gasteiger partial charge in [0.15, 0.2) is 0 Å². The lowest BCUT2D eigenvalue weighted by atomic mass is 9.99. The number of carbonyl (C=O) groups is 1. The smallest absolute Gasteiger partial charge is 0.123 e. The second kappa shape index (κ2) is 4.42. The molecule has 1 aliphatic rings. The molecule has 0 aliphatic carbocycles. The predicted molar refractivity (Wildman–Crippen MR) is 52.8 cm³/mol. The van der Waals surface area contributed by atoms with Gasteiger partial charge in [0.05, 0.1) is 12.8 Å². The standard InChI is InChI=1S/C11H15NO2/c13-9-10-3-5-12(6-4-10)8-11-2-1-7-14-11/h1-2,7,9-10H,3-6,8H2. The molecule has 0 aromatic carbocycles. The highest BCUT2D eigenvalue weighted by atomic mass is 16.3. The highest BCUT2D eigenvalue weighted by Crippen LogP contribution is 2.17. The Morgan fingerprint density at radius 3 is 2.86 bits per heavy atom. The van der Waals surface area contributed by atoms with Gasteiger partial charge >= 0.3 is 0 Å². The van der Waals surface area contributed by atoms with E-state index in [2.05, 4.69) is 4.90 Å². The molecule has 76 valence electrons. The molecule has 1 aromatic heterocycles. The van der Waals surface area contributed by atoms with Crippen molar-refractivity contribution < 1.29 is 9.21 Å². The van der Waals surface area contributed by atoms with E-state index in [0.29, 0.717) is 0 Å². The Bertz CT molecular complexity index is 273. The summed E-state index contributed by atoms with van der Waals surface area (Å²) in [7, 11) is 0. The van der Waals surface area contributed by atoms with Crippen molar-refractivity contribution in [3.63, 3.8) is 0 Å². The quantitative estimate of drug-likeness (QED) is 0.685. The van der Waals surface area contributed by atoms with Gasteiger partial charge in [-0.05, 0) is 38.1 Å². The van der Waals surface area contributed by atoms with E-state index in [0.717, 1.165) is 44.5 Å². The number of hydrogen-bond acceptors (Lipinski definition) is 3. The molecular formula is C11H15NO2. The minimum atomic E-state index is 0.280. The second-order valence-electron chi connectivity index (χ2n) is 3.83. The van der Waals surface area contributed by atoms with Gasteiger partial charge in [-0.15, -0.1) is 0 Å². The first-order valence-corrected chi connectivity index (χ1v) is 5.08. The number of hydrogen-bond donors (Lipinski definition) is 0. The maximum absolute atomic E-state index is 10.5. The lowest BCUT2D eigenvalue weighted by Gasteiger charge is -2.28. The average Bonchev–Trinajstić information content (AvgIpc) is 2.72.